The molecule has 5 rings (SSSR count). The van der Waals surface area contributed by atoms with Crippen molar-refractivity contribution in [2.75, 3.05) is 6.61 Å². The largest absolute Gasteiger partial charge is 0.462 e. The van der Waals surface area contributed by atoms with Crippen molar-refractivity contribution in [2.45, 2.75) is 164 Å². The zero-order valence-electron chi connectivity index (χ0n) is 32.3. The number of ether oxygens (including phenoxy) is 5. The van der Waals surface area contributed by atoms with Gasteiger partial charge in [-0.25, -0.2) is 0 Å². The first-order valence-corrected chi connectivity index (χ1v) is 18.8. The summed E-state index contributed by atoms with van der Waals surface area (Å²) in [7, 11) is 0. The molecular weight excluding hydrogens is 640 g/mol. The SMILES string of the molecule is CC(C)(C)C(=O)OC[C@H]1O[C@@H](O[C@H]2CC[C@H]3[C@@H]4CCC5=CC(=O)CC[C@]5(C)[C@H]4CC[C@]23C)[C@H](OC(=O)C(C)(C)C)[C@@H](OC(=O)C(C)(C)C)[C@@H]1O. The minimum absolute atomic E-state index is 0.0494. The predicted molar refractivity (Wildman–Crippen MR) is 185 cm³/mol. The van der Waals surface area contributed by atoms with Crippen molar-refractivity contribution >= 4 is 23.7 Å². The second-order valence-corrected chi connectivity index (χ2v) is 19.3. The molecule has 0 amide bonds. The lowest BCUT2D eigenvalue weighted by molar-refractivity contribution is -0.325. The van der Waals surface area contributed by atoms with E-state index in [1.165, 1.54) is 5.57 Å². The summed E-state index contributed by atoms with van der Waals surface area (Å²) in [5.41, 5.74) is -1.41. The number of aliphatic hydroxyl groups is 1. The molecular formula is C40H62O10. The first-order valence-electron chi connectivity index (χ1n) is 18.8. The lowest BCUT2D eigenvalue weighted by Crippen LogP contribution is -2.63. The van der Waals surface area contributed by atoms with Gasteiger partial charge in [-0.1, -0.05) is 19.4 Å². The van der Waals surface area contributed by atoms with Crippen LogP contribution < -0.4 is 0 Å². The van der Waals surface area contributed by atoms with Gasteiger partial charge in [-0.2, -0.15) is 0 Å². The number of aliphatic hydroxyl groups excluding tert-OH is 1. The van der Waals surface area contributed by atoms with Crippen LogP contribution in [0.2, 0.25) is 0 Å². The first-order chi connectivity index (χ1) is 23.0. The highest BCUT2D eigenvalue weighted by atomic mass is 16.7. The van der Waals surface area contributed by atoms with Crippen LogP contribution in [0.25, 0.3) is 0 Å². The van der Waals surface area contributed by atoms with Crippen molar-refractivity contribution in [3.8, 4) is 0 Å². The minimum atomic E-state index is -1.47. The molecule has 0 unspecified atom stereocenters. The molecule has 5 aliphatic rings. The Hall–Kier alpha value is -2.30. The monoisotopic (exact) mass is 702 g/mol. The second-order valence-electron chi connectivity index (χ2n) is 19.3. The Labute approximate surface area is 298 Å². The van der Waals surface area contributed by atoms with Gasteiger partial charge in [-0.15, -0.1) is 0 Å². The molecule has 50 heavy (non-hydrogen) atoms. The number of carbonyl (C=O) groups excluding carboxylic acids is 4. The third kappa shape index (κ3) is 7.45. The van der Waals surface area contributed by atoms with Gasteiger partial charge in [0.1, 0.15) is 18.8 Å². The highest BCUT2D eigenvalue weighted by Crippen LogP contribution is 2.65. The van der Waals surface area contributed by atoms with Gasteiger partial charge < -0.3 is 28.8 Å². The fraction of sp³-hybridized carbons (Fsp3) is 0.850. The lowest BCUT2D eigenvalue weighted by atomic mass is 9.47. The van der Waals surface area contributed by atoms with Crippen LogP contribution in [0.4, 0.5) is 0 Å². The van der Waals surface area contributed by atoms with Gasteiger partial charge in [0.2, 0.25) is 0 Å². The second kappa shape index (κ2) is 13.6. The summed E-state index contributed by atoms with van der Waals surface area (Å²) in [6.07, 6.45) is 2.58. The molecule has 1 N–H and O–H groups in total. The van der Waals surface area contributed by atoms with Gasteiger partial charge in [-0.05, 0) is 142 Å². The van der Waals surface area contributed by atoms with Crippen molar-refractivity contribution < 1.29 is 48.0 Å². The van der Waals surface area contributed by atoms with Crippen molar-refractivity contribution in [1.29, 1.82) is 0 Å². The van der Waals surface area contributed by atoms with Crippen LogP contribution in [0.5, 0.6) is 0 Å². The van der Waals surface area contributed by atoms with Crippen molar-refractivity contribution in [2.24, 2.45) is 44.8 Å². The van der Waals surface area contributed by atoms with Crippen LogP contribution in [-0.4, -0.2) is 72.2 Å². The third-order valence-electron chi connectivity index (χ3n) is 12.5. The maximum Gasteiger partial charge on any atom is 0.311 e. The van der Waals surface area contributed by atoms with E-state index in [0.29, 0.717) is 24.2 Å². The van der Waals surface area contributed by atoms with Gasteiger partial charge in [0, 0.05) is 6.42 Å². The number of fused-ring (bicyclic) bond motifs is 5. The zero-order chi connectivity index (χ0) is 37.2. The van der Waals surface area contributed by atoms with E-state index in [1.807, 2.05) is 6.08 Å². The van der Waals surface area contributed by atoms with Crippen LogP contribution in [0.15, 0.2) is 11.6 Å². The van der Waals surface area contributed by atoms with Gasteiger partial charge in [0.15, 0.2) is 24.3 Å². The van der Waals surface area contributed by atoms with Crippen molar-refractivity contribution in [1.82, 2.24) is 0 Å². The van der Waals surface area contributed by atoms with E-state index in [0.717, 1.165) is 44.9 Å². The highest BCUT2D eigenvalue weighted by molar-refractivity contribution is 5.91. The summed E-state index contributed by atoms with van der Waals surface area (Å²) in [6, 6.07) is 0. The Bertz CT molecular complexity index is 1360. The molecule has 10 heteroatoms. The van der Waals surface area contributed by atoms with Gasteiger partial charge in [0.25, 0.3) is 0 Å². The zero-order valence-corrected chi connectivity index (χ0v) is 32.3. The molecule has 1 aliphatic heterocycles. The van der Waals surface area contributed by atoms with E-state index in [-0.39, 0.29) is 29.3 Å². The Morgan fingerprint density at radius 2 is 1.40 bits per heavy atom. The Kier molecular flexibility index (Phi) is 10.6. The number of hydrogen-bond acceptors (Lipinski definition) is 10. The molecule has 4 aliphatic carbocycles. The average Bonchev–Trinajstić information content (AvgIpc) is 3.33. The molecule has 0 aromatic carbocycles. The molecule has 0 aromatic heterocycles. The molecule has 11 atom stereocenters. The number of carbonyl (C=O) groups is 4. The van der Waals surface area contributed by atoms with Gasteiger partial charge >= 0.3 is 17.9 Å². The number of allylic oxidation sites excluding steroid dienone is 1. The molecule has 0 bridgehead atoms. The van der Waals surface area contributed by atoms with Gasteiger partial charge in [0.05, 0.1) is 22.3 Å². The molecule has 3 saturated carbocycles. The van der Waals surface area contributed by atoms with Crippen molar-refractivity contribution in [3.63, 3.8) is 0 Å². The maximum atomic E-state index is 13.4. The smallest absolute Gasteiger partial charge is 0.311 e. The van der Waals surface area contributed by atoms with Crippen LogP contribution in [-0.2, 0) is 42.9 Å². The summed E-state index contributed by atoms with van der Waals surface area (Å²) in [4.78, 5) is 51.8. The normalized spacial score (nSPS) is 39.0. The number of rotatable bonds is 6. The number of hydrogen-bond donors (Lipinski definition) is 1. The molecule has 0 spiro atoms. The predicted octanol–water partition coefficient (Wildman–Crippen LogP) is 6.49. The average molecular weight is 703 g/mol. The molecule has 0 radical (unpaired) electrons. The van der Waals surface area contributed by atoms with E-state index >= 15 is 0 Å². The molecule has 1 heterocycles. The van der Waals surface area contributed by atoms with E-state index < -0.39 is 64.9 Å². The lowest BCUT2D eigenvalue weighted by Gasteiger charge is -2.58. The third-order valence-corrected chi connectivity index (χ3v) is 12.5. The highest BCUT2D eigenvalue weighted by Gasteiger charge is 2.61. The van der Waals surface area contributed by atoms with Gasteiger partial charge in [-0.3, -0.25) is 19.2 Å². The first kappa shape index (κ1) is 38.9. The Balaban J connectivity index is 1.44. The molecule has 4 fully saturated rings. The molecule has 10 nitrogen and oxygen atoms in total. The Morgan fingerprint density at radius 3 is 2.00 bits per heavy atom. The maximum absolute atomic E-state index is 13.4. The summed E-state index contributed by atoms with van der Waals surface area (Å²) in [6.45, 7) is 19.9. The summed E-state index contributed by atoms with van der Waals surface area (Å²) in [5.74, 6) is 0.0678. The molecule has 282 valence electrons. The van der Waals surface area contributed by atoms with Crippen LogP contribution in [0.1, 0.15) is 128 Å². The van der Waals surface area contributed by atoms with Crippen molar-refractivity contribution in [3.05, 3.63) is 11.6 Å². The van der Waals surface area contributed by atoms with Crippen LogP contribution in [0.3, 0.4) is 0 Å². The van der Waals surface area contributed by atoms with E-state index in [4.69, 9.17) is 23.7 Å². The Morgan fingerprint density at radius 1 is 0.800 bits per heavy atom. The summed E-state index contributed by atoms with van der Waals surface area (Å²) in [5, 5.41) is 11.7. The minimum Gasteiger partial charge on any atom is -0.462 e. The summed E-state index contributed by atoms with van der Waals surface area (Å²) >= 11 is 0. The summed E-state index contributed by atoms with van der Waals surface area (Å²) < 4.78 is 31.0. The molecule has 0 aromatic rings. The molecule has 1 saturated heterocycles. The topological polar surface area (TPSA) is 135 Å². The van der Waals surface area contributed by atoms with E-state index in [9.17, 15) is 24.3 Å². The number of esters is 3. The quantitative estimate of drug-likeness (QED) is 0.242. The van der Waals surface area contributed by atoms with E-state index in [1.54, 1.807) is 62.3 Å². The van der Waals surface area contributed by atoms with Crippen LogP contribution in [0, 0.1) is 44.8 Å². The fourth-order valence-electron chi connectivity index (χ4n) is 9.27. The van der Waals surface area contributed by atoms with E-state index in [2.05, 4.69) is 13.8 Å². The fourth-order valence-corrected chi connectivity index (χ4v) is 9.27. The van der Waals surface area contributed by atoms with Crippen LogP contribution >= 0.6 is 0 Å². The standard InChI is InChI=1S/C40H62O10/c1-36(2,3)33(43)46-21-27-29(42)30(49-34(44)37(4,5)6)31(50-35(45)38(7,8)9)32(47-27)48-28-15-14-25-24-13-12-22-20-23(41)16-18-39(22,10)26(24)17-19-40(25,28)11/h20,24-32,42H,12-19,21H2,1-11H3/t24-,25-,26-,27+,28-,29+,30-,31+,32-,39-,40-/m0/s1. The number of ketones is 1.